The molecular formula is C6H11N3O. The highest BCUT2D eigenvalue weighted by Gasteiger charge is 1.79. The topological polar surface area (TPSA) is 44.7 Å². The van der Waals surface area contributed by atoms with Crippen molar-refractivity contribution in [1.29, 1.82) is 0 Å². The van der Waals surface area contributed by atoms with Crippen LogP contribution in [0.4, 0.5) is 0 Å². The zero-order valence-electron chi connectivity index (χ0n) is 6.38. The van der Waals surface area contributed by atoms with Crippen LogP contribution in [0.2, 0.25) is 0 Å². The maximum Gasteiger partial charge on any atom is 0.237 e. The fraction of sp³-hybridized carbons (Fsp3) is 0.500. The van der Waals surface area contributed by atoms with E-state index in [2.05, 4.69) is 16.4 Å². The van der Waals surface area contributed by atoms with Crippen LogP contribution in [0.15, 0.2) is 11.3 Å². The number of hydrogen-bond acceptors (Lipinski definition) is 3. The van der Waals surface area contributed by atoms with Gasteiger partial charge in [0.2, 0.25) is 5.91 Å². The van der Waals surface area contributed by atoms with Crippen LogP contribution in [0, 0.1) is 0 Å². The maximum absolute atomic E-state index is 10.2. The third-order valence-corrected chi connectivity index (χ3v) is 0.594. The Morgan fingerprint density at radius 2 is 2.30 bits per heavy atom. The van der Waals surface area contributed by atoms with Gasteiger partial charge in [0.05, 0.1) is 6.20 Å². The van der Waals surface area contributed by atoms with Crippen LogP contribution in [0.1, 0.15) is 6.92 Å². The van der Waals surface area contributed by atoms with E-state index in [1.807, 2.05) is 14.1 Å². The lowest BCUT2D eigenvalue weighted by molar-refractivity contribution is -0.118. The predicted molar refractivity (Wildman–Crippen MR) is 39.5 cm³/mol. The third-order valence-electron chi connectivity index (χ3n) is 0.594. The summed E-state index contributed by atoms with van der Waals surface area (Å²) in [7, 11) is 3.69. The number of rotatable bonds is 2. The van der Waals surface area contributed by atoms with Crippen LogP contribution in [0.5, 0.6) is 0 Å². The summed E-state index contributed by atoms with van der Waals surface area (Å²) in [6, 6.07) is 0. The van der Waals surface area contributed by atoms with Gasteiger partial charge in [-0.1, -0.05) is 0 Å². The summed E-state index contributed by atoms with van der Waals surface area (Å²) in [5, 5.41) is 3.46. The van der Waals surface area contributed by atoms with Gasteiger partial charge in [-0.15, -0.1) is 5.10 Å². The third kappa shape index (κ3) is 6.72. The van der Waals surface area contributed by atoms with E-state index in [9.17, 15) is 4.79 Å². The number of carbonyl (C=O) groups excluding carboxylic acids is 1. The minimum atomic E-state index is -0.195. The van der Waals surface area contributed by atoms with Gasteiger partial charge in [0.25, 0.3) is 0 Å². The molecule has 0 aliphatic carbocycles. The lowest BCUT2D eigenvalue weighted by Gasteiger charge is -1.98. The Morgan fingerprint density at radius 1 is 1.70 bits per heavy atom. The summed E-state index contributed by atoms with van der Waals surface area (Å²) in [6.07, 6.45) is 1.61. The van der Waals surface area contributed by atoms with Crippen molar-refractivity contribution in [3.63, 3.8) is 0 Å². The molecule has 1 N–H and O–H groups in total. The van der Waals surface area contributed by atoms with Gasteiger partial charge in [-0.2, -0.15) is 0 Å². The second-order valence-corrected chi connectivity index (χ2v) is 2.00. The SMILES string of the molecule is CC(=O)NN=C=CN(C)C. The zero-order chi connectivity index (χ0) is 7.98. The molecule has 0 bridgehead atoms. The quantitative estimate of drug-likeness (QED) is 0.427. The number of nitrogens with zero attached hydrogens (tertiary/aromatic N) is 2. The van der Waals surface area contributed by atoms with E-state index in [1.165, 1.54) is 6.92 Å². The molecule has 0 aromatic rings. The summed E-state index contributed by atoms with van der Waals surface area (Å²) in [5.74, 6) is 2.32. The molecule has 0 rings (SSSR count). The minimum absolute atomic E-state index is 0.195. The average Bonchev–Trinajstić information content (AvgIpc) is 1.79. The van der Waals surface area contributed by atoms with Crippen molar-refractivity contribution < 1.29 is 4.79 Å². The minimum Gasteiger partial charge on any atom is -0.376 e. The highest BCUT2D eigenvalue weighted by atomic mass is 16.2. The van der Waals surface area contributed by atoms with E-state index in [-0.39, 0.29) is 5.91 Å². The number of hydrogen-bond donors (Lipinski definition) is 1. The highest BCUT2D eigenvalue weighted by Crippen LogP contribution is 1.66. The van der Waals surface area contributed by atoms with Crippen molar-refractivity contribution >= 4 is 11.8 Å². The highest BCUT2D eigenvalue weighted by molar-refractivity contribution is 5.73. The van der Waals surface area contributed by atoms with Crippen molar-refractivity contribution in [1.82, 2.24) is 10.3 Å². The fourth-order valence-electron chi connectivity index (χ4n) is 0.255. The zero-order valence-corrected chi connectivity index (χ0v) is 6.38. The van der Waals surface area contributed by atoms with E-state index >= 15 is 0 Å². The molecule has 0 saturated heterocycles. The van der Waals surface area contributed by atoms with Crippen molar-refractivity contribution in [2.75, 3.05) is 14.1 Å². The largest absolute Gasteiger partial charge is 0.376 e. The Bertz CT molecular complexity index is 168. The van der Waals surface area contributed by atoms with Gasteiger partial charge < -0.3 is 4.90 Å². The van der Waals surface area contributed by atoms with Gasteiger partial charge in [-0.05, 0) is 0 Å². The standard InChI is InChI=1S/C6H11N3O/c1-6(10)8-7-4-5-9(2)3/h5H,1-3H3,(H,8,10). The van der Waals surface area contributed by atoms with Crippen LogP contribution in [0.3, 0.4) is 0 Å². The van der Waals surface area contributed by atoms with Gasteiger partial charge >= 0.3 is 0 Å². The molecule has 0 aliphatic rings. The number of nitrogens with one attached hydrogen (secondary N) is 1. The molecule has 0 spiro atoms. The molecule has 0 saturated carbocycles. The number of carbonyl (C=O) groups is 1. The van der Waals surface area contributed by atoms with Gasteiger partial charge in [-0.3, -0.25) is 4.79 Å². The summed E-state index contributed by atoms with van der Waals surface area (Å²) < 4.78 is 0. The van der Waals surface area contributed by atoms with Crippen LogP contribution >= 0.6 is 0 Å². The predicted octanol–water partition coefficient (Wildman–Crippen LogP) is -0.218. The van der Waals surface area contributed by atoms with E-state index < -0.39 is 0 Å². The first kappa shape index (κ1) is 8.72. The molecule has 0 unspecified atom stereocenters. The first-order valence-corrected chi connectivity index (χ1v) is 2.84. The molecular weight excluding hydrogens is 130 g/mol. The molecule has 4 heteroatoms. The van der Waals surface area contributed by atoms with Crippen molar-refractivity contribution in [2.45, 2.75) is 6.92 Å². The van der Waals surface area contributed by atoms with Crippen molar-refractivity contribution in [3.05, 3.63) is 6.20 Å². The van der Waals surface area contributed by atoms with Gasteiger partial charge in [0, 0.05) is 26.9 Å². The Balaban J connectivity index is 3.65. The maximum atomic E-state index is 10.2. The van der Waals surface area contributed by atoms with E-state index in [1.54, 1.807) is 11.1 Å². The molecule has 4 nitrogen and oxygen atoms in total. The van der Waals surface area contributed by atoms with Crippen LogP contribution in [0.25, 0.3) is 0 Å². The second-order valence-electron chi connectivity index (χ2n) is 2.00. The van der Waals surface area contributed by atoms with Crippen LogP contribution in [-0.4, -0.2) is 30.8 Å². The average molecular weight is 141 g/mol. The Hall–Kier alpha value is -1.28. The molecule has 0 aromatic heterocycles. The first-order valence-electron chi connectivity index (χ1n) is 2.84. The van der Waals surface area contributed by atoms with Crippen molar-refractivity contribution in [2.24, 2.45) is 5.10 Å². The number of hydrazone groups is 1. The van der Waals surface area contributed by atoms with E-state index in [4.69, 9.17) is 0 Å². The van der Waals surface area contributed by atoms with Gasteiger partial charge in [0.1, 0.15) is 0 Å². The molecule has 0 fully saturated rings. The summed E-state index contributed by atoms with van der Waals surface area (Å²) in [4.78, 5) is 12.0. The summed E-state index contributed by atoms with van der Waals surface area (Å²) in [6.45, 7) is 1.39. The first-order chi connectivity index (χ1) is 4.63. The van der Waals surface area contributed by atoms with Crippen LogP contribution < -0.4 is 5.43 Å². The smallest absolute Gasteiger partial charge is 0.237 e. The van der Waals surface area contributed by atoms with Crippen LogP contribution in [-0.2, 0) is 4.79 Å². The molecule has 1 amide bonds. The number of amides is 1. The monoisotopic (exact) mass is 141 g/mol. The lowest BCUT2D eigenvalue weighted by atomic mass is 10.8. The molecule has 0 radical (unpaired) electrons. The lowest BCUT2D eigenvalue weighted by Crippen LogP contribution is -2.11. The molecule has 0 aromatic carbocycles. The Labute approximate surface area is 60.2 Å². The molecule has 0 heterocycles. The normalized spacial score (nSPS) is 7.50. The molecule has 0 aliphatic heterocycles. The molecule has 10 heavy (non-hydrogen) atoms. The van der Waals surface area contributed by atoms with Gasteiger partial charge in [-0.25, -0.2) is 5.43 Å². The Morgan fingerprint density at radius 3 is 2.70 bits per heavy atom. The van der Waals surface area contributed by atoms with E-state index in [0.29, 0.717) is 0 Å². The van der Waals surface area contributed by atoms with Gasteiger partial charge in [0.15, 0.2) is 0 Å². The summed E-state index contributed by atoms with van der Waals surface area (Å²) >= 11 is 0. The van der Waals surface area contributed by atoms with Crippen molar-refractivity contribution in [3.8, 4) is 0 Å². The molecule has 0 atom stereocenters. The Kier molecular flexibility index (Phi) is 4.00. The summed E-state index contributed by atoms with van der Waals surface area (Å²) in [5.41, 5.74) is 2.22. The van der Waals surface area contributed by atoms with E-state index in [0.717, 1.165) is 0 Å². The molecule has 56 valence electrons. The second kappa shape index (κ2) is 4.58. The fourth-order valence-corrected chi connectivity index (χ4v) is 0.255.